The number of benzene rings is 2. The number of aryl methyl sites for hydroxylation is 1. The van der Waals surface area contributed by atoms with E-state index in [0.717, 1.165) is 11.1 Å². The van der Waals surface area contributed by atoms with E-state index < -0.39 is 0 Å². The molecule has 3 rings (SSSR count). The van der Waals surface area contributed by atoms with E-state index in [-0.39, 0.29) is 5.75 Å². The molecule has 1 aliphatic rings. The smallest absolute Gasteiger partial charge is 0.119 e. The highest BCUT2D eigenvalue weighted by molar-refractivity contribution is 5.45. The van der Waals surface area contributed by atoms with Crippen molar-refractivity contribution in [3.8, 4) is 11.5 Å². The van der Waals surface area contributed by atoms with E-state index in [9.17, 15) is 10.2 Å². The maximum absolute atomic E-state index is 10.3. The molecule has 2 aromatic rings. The Balaban J connectivity index is 1.88. The second-order valence-electron chi connectivity index (χ2n) is 6.52. The van der Waals surface area contributed by atoms with Gasteiger partial charge in [0.25, 0.3) is 0 Å². The molecule has 0 unspecified atom stereocenters. The first-order valence-corrected chi connectivity index (χ1v) is 8.24. The molecule has 2 heteroatoms. The van der Waals surface area contributed by atoms with Crippen molar-refractivity contribution >= 4 is 0 Å². The number of rotatable bonds is 3. The minimum atomic E-state index is 0.278. The van der Waals surface area contributed by atoms with Crippen LogP contribution in [0, 0.1) is 6.92 Å². The molecular formula is C20H24O2. The van der Waals surface area contributed by atoms with Gasteiger partial charge in [0.1, 0.15) is 11.5 Å². The maximum Gasteiger partial charge on any atom is 0.119 e. The highest BCUT2D eigenvalue weighted by atomic mass is 16.3. The fourth-order valence-electron chi connectivity index (χ4n) is 3.59. The van der Waals surface area contributed by atoms with E-state index in [0.29, 0.717) is 18.1 Å². The third kappa shape index (κ3) is 3.27. The van der Waals surface area contributed by atoms with E-state index >= 15 is 0 Å². The van der Waals surface area contributed by atoms with E-state index in [1.807, 2.05) is 18.2 Å². The number of aromatic hydroxyl groups is 2. The summed E-state index contributed by atoms with van der Waals surface area (Å²) in [6.07, 6.45) is 7.23. The Bertz CT molecular complexity index is 638. The van der Waals surface area contributed by atoms with Gasteiger partial charge in [-0.05, 0) is 66.1 Å². The van der Waals surface area contributed by atoms with Crippen LogP contribution in [0.1, 0.15) is 60.3 Å². The van der Waals surface area contributed by atoms with Gasteiger partial charge in [-0.15, -0.1) is 0 Å². The quantitative estimate of drug-likeness (QED) is 0.832. The molecule has 0 amide bonds. The molecule has 2 aromatic carbocycles. The molecule has 0 heterocycles. The van der Waals surface area contributed by atoms with Crippen molar-refractivity contribution in [1.29, 1.82) is 0 Å². The summed E-state index contributed by atoms with van der Waals surface area (Å²) < 4.78 is 0. The molecule has 2 nitrogen and oxygen atoms in total. The number of phenols is 2. The van der Waals surface area contributed by atoms with E-state index in [1.165, 1.54) is 43.2 Å². The second kappa shape index (κ2) is 6.43. The molecule has 0 aromatic heterocycles. The van der Waals surface area contributed by atoms with Crippen LogP contribution in [0.3, 0.4) is 0 Å². The number of hydrogen-bond donors (Lipinski definition) is 2. The number of phenolic OH excluding ortho intramolecular Hbond substituents is 2. The van der Waals surface area contributed by atoms with E-state index in [1.54, 1.807) is 12.1 Å². The van der Waals surface area contributed by atoms with E-state index in [2.05, 4.69) is 13.0 Å². The van der Waals surface area contributed by atoms with Gasteiger partial charge < -0.3 is 10.2 Å². The molecule has 1 aliphatic carbocycles. The third-order valence-corrected chi connectivity index (χ3v) is 4.84. The van der Waals surface area contributed by atoms with Crippen LogP contribution in [-0.4, -0.2) is 10.2 Å². The molecule has 22 heavy (non-hydrogen) atoms. The Kier molecular flexibility index (Phi) is 4.37. The lowest BCUT2D eigenvalue weighted by atomic mass is 9.81. The maximum atomic E-state index is 10.3. The third-order valence-electron chi connectivity index (χ3n) is 4.84. The molecule has 0 saturated heterocycles. The molecule has 2 N–H and O–H groups in total. The van der Waals surface area contributed by atoms with Crippen molar-refractivity contribution in [2.45, 2.75) is 51.4 Å². The van der Waals surface area contributed by atoms with Crippen molar-refractivity contribution in [2.75, 3.05) is 0 Å². The fourth-order valence-corrected chi connectivity index (χ4v) is 3.59. The molecule has 1 fully saturated rings. The monoisotopic (exact) mass is 296 g/mol. The predicted octanol–water partition coefficient (Wildman–Crippen LogP) is 5.04. The largest absolute Gasteiger partial charge is 0.508 e. The van der Waals surface area contributed by atoms with Gasteiger partial charge in [0.05, 0.1) is 0 Å². The average molecular weight is 296 g/mol. The lowest BCUT2D eigenvalue weighted by Gasteiger charge is -2.24. The first-order valence-electron chi connectivity index (χ1n) is 8.24. The van der Waals surface area contributed by atoms with Gasteiger partial charge in [-0.2, -0.15) is 0 Å². The molecule has 0 atom stereocenters. The Labute approximate surface area is 132 Å². The predicted molar refractivity (Wildman–Crippen MR) is 89.6 cm³/mol. The molecule has 1 saturated carbocycles. The van der Waals surface area contributed by atoms with Crippen molar-refractivity contribution in [2.24, 2.45) is 0 Å². The van der Waals surface area contributed by atoms with Gasteiger partial charge in [0.2, 0.25) is 0 Å². The van der Waals surface area contributed by atoms with Crippen LogP contribution in [0.5, 0.6) is 11.5 Å². The Morgan fingerprint density at radius 2 is 1.64 bits per heavy atom. The van der Waals surface area contributed by atoms with Gasteiger partial charge in [0, 0.05) is 6.42 Å². The average Bonchev–Trinajstić information content (AvgIpc) is 2.53. The van der Waals surface area contributed by atoms with Gasteiger partial charge in [0.15, 0.2) is 0 Å². The lowest BCUT2D eigenvalue weighted by molar-refractivity contribution is 0.439. The van der Waals surface area contributed by atoms with Gasteiger partial charge in [-0.1, -0.05) is 37.5 Å². The van der Waals surface area contributed by atoms with Crippen molar-refractivity contribution in [1.82, 2.24) is 0 Å². The molecular weight excluding hydrogens is 272 g/mol. The fraction of sp³-hybridized carbons (Fsp3) is 0.400. The van der Waals surface area contributed by atoms with Crippen LogP contribution in [0.2, 0.25) is 0 Å². The van der Waals surface area contributed by atoms with Crippen LogP contribution in [0.15, 0.2) is 36.4 Å². The van der Waals surface area contributed by atoms with Crippen molar-refractivity contribution in [3.05, 3.63) is 58.7 Å². The Hall–Kier alpha value is -1.96. The normalized spacial score (nSPS) is 15.9. The van der Waals surface area contributed by atoms with Crippen molar-refractivity contribution in [3.63, 3.8) is 0 Å². The SMILES string of the molecule is Cc1cc(O)c(Cc2ccc(O)cc2)cc1C1CCCCC1. The highest BCUT2D eigenvalue weighted by Crippen LogP contribution is 2.37. The number of hydrogen-bond acceptors (Lipinski definition) is 2. The van der Waals surface area contributed by atoms with Gasteiger partial charge >= 0.3 is 0 Å². The topological polar surface area (TPSA) is 40.5 Å². The van der Waals surface area contributed by atoms with Crippen LogP contribution in [0.25, 0.3) is 0 Å². The Morgan fingerprint density at radius 3 is 2.32 bits per heavy atom. The lowest BCUT2D eigenvalue weighted by Crippen LogP contribution is -2.07. The van der Waals surface area contributed by atoms with Crippen LogP contribution >= 0.6 is 0 Å². The molecule has 0 bridgehead atoms. The van der Waals surface area contributed by atoms with Gasteiger partial charge in [-0.3, -0.25) is 0 Å². The zero-order valence-corrected chi connectivity index (χ0v) is 13.2. The van der Waals surface area contributed by atoms with Crippen LogP contribution < -0.4 is 0 Å². The van der Waals surface area contributed by atoms with Crippen LogP contribution in [-0.2, 0) is 6.42 Å². The Morgan fingerprint density at radius 1 is 0.955 bits per heavy atom. The standard InChI is InChI=1S/C20H24O2/c1-14-11-20(22)17(12-15-7-9-18(21)10-8-15)13-19(14)16-5-3-2-4-6-16/h7-11,13,16,21-22H,2-6,12H2,1H3. The van der Waals surface area contributed by atoms with Gasteiger partial charge in [-0.25, -0.2) is 0 Å². The summed E-state index contributed by atoms with van der Waals surface area (Å²) in [5, 5.41) is 19.7. The first-order chi connectivity index (χ1) is 10.6. The first kappa shape index (κ1) is 15.0. The molecule has 0 radical (unpaired) electrons. The zero-order chi connectivity index (χ0) is 15.5. The second-order valence-corrected chi connectivity index (χ2v) is 6.52. The van der Waals surface area contributed by atoms with E-state index in [4.69, 9.17) is 0 Å². The van der Waals surface area contributed by atoms with Crippen LogP contribution in [0.4, 0.5) is 0 Å². The summed E-state index contributed by atoms with van der Waals surface area (Å²) in [5.41, 5.74) is 4.70. The summed E-state index contributed by atoms with van der Waals surface area (Å²) >= 11 is 0. The van der Waals surface area contributed by atoms with Crippen molar-refractivity contribution < 1.29 is 10.2 Å². The molecule has 0 spiro atoms. The summed E-state index contributed by atoms with van der Waals surface area (Å²) in [6, 6.07) is 11.3. The molecule has 116 valence electrons. The minimum Gasteiger partial charge on any atom is -0.508 e. The summed E-state index contributed by atoms with van der Waals surface area (Å²) in [7, 11) is 0. The highest BCUT2D eigenvalue weighted by Gasteiger charge is 2.19. The summed E-state index contributed by atoms with van der Waals surface area (Å²) in [5.74, 6) is 1.30. The summed E-state index contributed by atoms with van der Waals surface area (Å²) in [6.45, 7) is 2.11. The zero-order valence-electron chi connectivity index (χ0n) is 13.2. The minimum absolute atomic E-state index is 0.278. The molecule has 0 aliphatic heterocycles. The summed E-state index contributed by atoms with van der Waals surface area (Å²) in [4.78, 5) is 0.